The van der Waals surface area contributed by atoms with E-state index in [-0.39, 0.29) is 5.91 Å². The van der Waals surface area contributed by atoms with Gasteiger partial charge in [-0.25, -0.2) is 0 Å². The van der Waals surface area contributed by atoms with Crippen molar-refractivity contribution >= 4 is 5.91 Å². The summed E-state index contributed by atoms with van der Waals surface area (Å²) in [7, 11) is 0. The highest BCUT2D eigenvalue weighted by molar-refractivity contribution is 5.87. The minimum atomic E-state index is -0.584. The first kappa shape index (κ1) is 15.7. The lowest BCUT2D eigenvalue weighted by Gasteiger charge is -2.25. The number of aryl methyl sites for hydroxylation is 1. The summed E-state index contributed by atoms with van der Waals surface area (Å²) < 4.78 is 0. The van der Waals surface area contributed by atoms with Gasteiger partial charge in [-0.15, -0.1) is 0 Å². The highest BCUT2D eigenvalue weighted by Gasteiger charge is 2.29. The maximum absolute atomic E-state index is 12.2. The van der Waals surface area contributed by atoms with Gasteiger partial charge in [-0.1, -0.05) is 43.2 Å². The fourth-order valence-electron chi connectivity index (χ4n) is 1.97. The van der Waals surface area contributed by atoms with Gasteiger partial charge >= 0.3 is 0 Å². The van der Waals surface area contributed by atoms with E-state index >= 15 is 0 Å². The van der Waals surface area contributed by atoms with Crippen LogP contribution in [0.25, 0.3) is 0 Å². The van der Waals surface area contributed by atoms with Gasteiger partial charge in [-0.2, -0.15) is 0 Å². The standard InChI is InChI=1S/C16H25NO2/c1-5-6-14(18)11-17-15(19)16(3,4)13-9-7-12(2)8-10-13/h7-10,14,18H,5-6,11H2,1-4H3,(H,17,19). The van der Waals surface area contributed by atoms with Crippen LogP contribution in [-0.2, 0) is 10.2 Å². The Morgan fingerprint density at radius 1 is 1.32 bits per heavy atom. The highest BCUT2D eigenvalue weighted by Crippen LogP contribution is 2.23. The van der Waals surface area contributed by atoms with Crippen molar-refractivity contribution in [3.63, 3.8) is 0 Å². The third-order valence-electron chi connectivity index (χ3n) is 3.46. The molecule has 1 amide bonds. The lowest BCUT2D eigenvalue weighted by molar-refractivity contribution is -0.126. The Bertz CT molecular complexity index is 409. The molecule has 1 unspecified atom stereocenters. The largest absolute Gasteiger partial charge is 0.391 e. The summed E-state index contributed by atoms with van der Waals surface area (Å²) in [6.45, 7) is 8.17. The normalized spacial score (nSPS) is 13.1. The quantitative estimate of drug-likeness (QED) is 0.828. The molecule has 1 aromatic rings. The zero-order valence-corrected chi connectivity index (χ0v) is 12.4. The minimum absolute atomic E-state index is 0.0495. The van der Waals surface area contributed by atoms with Crippen LogP contribution in [0.5, 0.6) is 0 Å². The van der Waals surface area contributed by atoms with E-state index < -0.39 is 11.5 Å². The molecule has 0 aromatic heterocycles. The topological polar surface area (TPSA) is 49.3 Å². The van der Waals surface area contributed by atoms with Crippen LogP contribution in [0, 0.1) is 6.92 Å². The second-order valence-corrected chi connectivity index (χ2v) is 5.64. The van der Waals surface area contributed by atoms with Crippen molar-refractivity contribution < 1.29 is 9.90 Å². The number of benzene rings is 1. The molecule has 1 rings (SSSR count). The molecule has 3 nitrogen and oxygen atoms in total. The molecule has 106 valence electrons. The average Bonchev–Trinajstić information content (AvgIpc) is 2.36. The van der Waals surface area contributed by atoms with Gasteiger partial charge in [-0.3, -0.25) is 4.79 Å². The first-order valence-electron chi connectivity index (χ1n) is 6.91. The third-order valence-corrected chi connectivity index (χ3v) is 3.46. The van der Waals surface area contributed by atoms with Gasteiger partial charge in [0, 0.05) is 6.54 Å². The Hall–Kier alpha value is -1.35. The van der Waals surface area contributed by atoms with Crippen LogP contribution in [0.2, 0.25) is 0 Å². The first-order valence-corrected chi connectivity index (χ1v) is 6.91. The molecule has 3 heteroatoms. The van der Waals surface area contributed by atoms with E-state index in [1.807, 2.05) is 52.0 Å². The van der Waals surface area contributed by atoms with Crippen molar-refractivity contribution in [2.45, 2.75) is 52.1 Å². The fourth-order valence-corrected chi connectivity index (χ4v) is 1.97. The lowest BCUT2D eigenvalue weighted by Crippen LogP contribution is -2.43. The number of aliphatic hydroxyl groups is 1. The van der Waals surface area contributed by atoms with E-state index in [0.29, 0.717) is 13.0 Å². The second kappa shape index (κ2) is 6.71. The van der Waals surface area contributed by atoms with Gasteiger partial charge in [0.15, 0.2) is 0 Å². The summed E-state index contributed by atoms with van der Waals surface area (Å²) in [6.07, 6.45) is 1.17. The van der Waals surface area contributed by atoms with Gasteiger partial charge in [0.25, 0.3) is 0 Å². The molecule has 0 aliphatic heterocycles. The molecule has 0 fully saturated rings. The van der Waals surface area contributed by atoms with Crippen molar-refractivity contribution in [1.29, 1.82) is 0 Å². The summed E-state index contributed by atoms with van der Waals surface area (Å²) in [4.78, 5) is 12.2. The van der Waals surface area contributed by atoms with E-state index in [1.165, 1.54) is 5.56 Å². The number of hydrogen-bond acceptors (Lipinski definition) is 2. The smallest absolute Gasteiger partial charge is 0.230 e. The Balaban J connectivity index is 2.66. The lowest BCUT2D eigenvalue weighted by atomic mass is 9.83. The van der Waals surface area contributed by atoms with E-state index in [0.717, 1.165) is 12.0 Å². The van der Waals surface area contributed by atoms with Crippen molar-refractivity contribution in [2.24, 2.45) is 0 Å². The Morgan fingerprint density at radius 3 is 2.42 bits per heavy atom. The summed E-state index contributed by atoms with van der Waals surface area (Å²) in [6, 6.07) is 7.99. The molecule has 0 saturated carbocycles. The summed E-state index contributed by atoms with van der Waals surface area (Å²) >= 11 is 0. The predicted molar refractivity (Wildman–Crippen MR) is 78.1 cm³/mol. The molecular weight excluding hydrogens is 238 g/mol. The Kier molecular flexibility index (Phi) is 5.55. The van der Waals surface area contributed by atoms with Crippen LogP contribution in [0.4, 0.5) is 0 Å². The SMILES string of the molecule is CCCC(O)CNC(=O)C(C)(C)c1ccc(C)cc1. The van der Waals surface area contributed by atoms with Crippen LogP contribution < -0.4 is 5.32 Å². The molecule has 1 aromatic carbocycles. The number of amides is 1. The minimum Gasteiger partial charge on any atom is -0.391 e. The van der Waals surface area contributed by atoms with Gasteiger partial charge < -0.3 is 10.4 Å². The maximum Gasteiger partial charge on any atom is 0.230 e. The zero-order valence-electron chi connectivity index (χ0n) is 12.4. The van der Waals surface area contributed by atoms with E-state index in [9.17, 15) is 9.90 Å². The van der Waals surface area contributed by atoms with Crippen LogP contribution in [0.15, 0.2) is 24.3 Å². The van der Waals surface area contributed by atoms with Gasteiger partial charge in [-0.05, 0) is 32.8 Å². The molecule has 0 heterocycles. The molecule has 2 N–H and O–H groups in total. The predicted octanol–water partition coefficient (Wildman–Crippen LogP) is 2.55. The summed E-state index contributed by atoms with van der Waals surface area (Å²) in [5.74, 6) is -0.0495. The zero-order chi connectivity index (χ0) is 14.5. The number of carbonyl (C=O) groups is 1. The molecule has 0 spiro atoms. The first-order chi connectivity index (χ1) is 8.87. The summed E-state index contributed by atoms with van der Waals surface area (Å²) in [5.41, 5.74) is 1.58. The molecule has 0 radical (unpaired) electrons. The number of carbonyl (C=O) groups excluding carboxylic acids is 1. The maximum atomic E-state index is 12.2. The van der Waals surface area contributed by atoms with E-state index in [4.69, 9.17) is 0 Å². The van der Waals surface area contributed by atoms with Crippen molar-refractivity contribution in [1.82, 2.24) is 5.32 Å². The average molecular weight is 263 g/mol. The number of aliphatic hydroxyl groups excluding tert-OH is 1. The second-order valence-electron chi connectivity index (χ2n) is 5.64. The number of rotatable bonds is 6. The van der Waals surface area contributed by atoms with Crippen molar-refractivity contribution in [2.75, 3.05) is 6.54 Å². The number of nitrogens with one attached hydrogen (secondary N) is 1. The molecule has 0 saturated heterocycles. The molecule has 0 aliphatic rings. The number of hydrogen-bond donors (Lipinski definition) is 2. The monoisotopic (exact) mass is 263 g/mol. The fraction of sp³-hybridized carbons (Fsp3) is 0.562. The van der Waals surface area contributed by atoms with E-state index in [2.05, 4.69) is 5.32 Å². The van der Waals surface area contributed by atoms with Gasteiger partial charge in [0.05, 0.1) is 11.5 Å². The van der Waals surface area contributed by atoms with E-state index in [1.54, 1.807) is 0 Å². The van der Waals surface area contributed by atoms with Crippen LogP contribution in [0.1, 0.15) is 44.7 Å². The van der Waals surface area contributed by atoms with Gasteiger partial charge in [0.1, 0.15) is 0 Å². The van der Waals surface area contributed by atoms with Crippen LogP contribution in [0.3, 0.4) is 0 Å². The molecule has 19 heavy (non-hydrogen) atoms. The van der Waals surface area contributed by atoms with Crippen LogP contribution >= 0.6 is 0 Å². The molecule has 0 aliphatic carbocycles. The Labute approximate surface area is 116 Å². The molecule has 0 bridgehead atoms. The third kappa shape index (κ3) is 4.35. The van der Waals surface area contributed by atoms with Crippen molar-refractivity contribution in [3.05, 3.63) is 35.4 Å². The molecule has 1 atom stereocenters. The highest BCUT2D eigenvalue weighted by atomic mass is 16.3. The van der Waals surface area contributed by atoms with Crippen LogP contribution in [-0.4, -0.2) is 23.7 Å². The van der Waals surface area contributed by atoms with Gasteiger partial charge in [0.2, 0.25) is 5.91 Å². The Morgan fingerprint density at radius 2 is 1.89 bits per heavy atom. The summed E-state index contributed by atoms with van der Waals surface area (Å²) in [5, 5.41) is 12.5. The molecular formula is C16H25NO2. The van der Waals surface area contributed by atoms with Crippen molar-refractivity contribution in [3.8, 4) is 0 Å².